The van der Waals surface area contributed by atoms with E-state index in [1.165, 1.54) is 18.4 Å². The van der Waals surface area contributed by atoms with E-state index in [-0.39, 0.29) is 0 Å². The van der Waals surface area contributed by atoms with Gasteiger partial charge in [-0.25, -0.2) is 0 Å². The molecule has 1 aromatic rings. The summed E-state index contributed by atoms with van der Waals surface area (Å²) in [6.45, 7) is 8.94. The molecule has 0 spiro atoms. The molecule has 0 aliphatic rings. The van der Waals surface area contributed by atoms with Gasteiger partial charge >= 0.3 is 0 Å². The van der Waals surface area contributed by atoms with Crippen LogP contribution in [0.2, 0.25) is 5.02 Å². The van der Waals surface area contributed by atoms with Crippen molar-refractivity contribution in [1.29, 1.82) is 0 Å². The predicted octanol–water partition coefficient (Wildman–Crippen LogP) is 4.54. The molecule has 1 aromatic carbocycles. The fourth-order valence-corrected chi connectivity index (χ4v) is 2.45. The Hall–Kier alpha value is -0.530. The summed E-state index contributed by atoms with van der Waals surface area (Å²) in [6, 6.07) is 8.21. The largest absolute Gasteiger partial charge is 0.316 e. The molecule has 0 saturated carbocycles. The molecule has 1 rings (SSSR count). The molecular weight excluding hydrogens is 242 g/mol. The first-order valence-electron chi connectivity index (χ1n) is 7.07. The van der Waals surface area contributed by atoms with Gasteiger partial charge in [0.15, 0.2) is 0 Å². The Kier molecular flexibility index (Phi) is 7.38. The predicted molar refractivity (Wildman–Crippen MR) is 81.3 cm³/mol. The molecule has 0 aliphatic heterocycles. The van der Waals surface area contributed by atoms with Crippen LogP contribution in [0.15, 0.2) is 24.3 Å². The van der Waals surface area contributed by atoms with Gasteiger partial charge < -0.3 is 5.32 Å². The van der Waals surface area contributed by atoms with Crippen molar-refractivity contribution in [2.45, 2.75) is 40.0 Å². The van der Waals surface area contributed by atoms with E-state index >= 15 is 0 Å². The molecule has 1 unspecified atom stereocenters. The van der Waals surface area contributed by atoms with Crippen LogP contribution >= 0.6 is 11.6 Å². The molecule has 0 bridgehead atoms. The minimum atomic E-state index is 0.689. The number of rotatable bonds is 8. The summed E-state index contributed by atoms with van der Waals surface area (Å²) in [5, 5.41) is 4.47. The second-order valence-electron chi connectivity index (χ2n) is 5.50. The molecule has 0 amide bonds. The van der Waals surface area contributed by atoms with Crippen molar-refractivity contribution in [3.05, 3.63) is 34.9 Å². The third-order valence-corrected chi connectivity index (χ3v) is 3.52. The molecule has 1 N–H and O–H groups in total. The summed E-state index contributed by atoms with van der Waals surface area (Å²) in [4.78, 5) is 0. The minimum Gasteiger partial charge on any atom is -0.316 e. The van der Waals surface area contributed by atoms with Gasteiger partial charge in [-0.3, -0.25) is 0 Å². The number of hydrogen-bond donors (Lipinski definition) is 1. The maximum atomic E-state index is 6.23. The lowest BCUT2D eigenvalue weighted by Crippen LogP contribution is -2.27. The molecule has 1 nitrogen and oxygen atoms in total. The maximum Gasteiger partial charge on any atom is 0.0438 e. The monoisotopic (exact) mass is 267 g/mol. The summed E-state index contributed by atoms with van der Waals surface area (Å²) in [5.74, 6) is 1.40. The van der Waals surface area contributed by atoms with Crippen molar-refractivity contribution in [1.82, 2.24) is 5.32 Å². The van der Waals surface area contributed by atoms with Crippen LogP contribution in [0.3, 0.4) is 0 Å². The number of hydrogen-bond acceptors (Lipinski definition) is 1. The molecule has 0 heterocycles. The Balaban J connectivity index is 2.49. The molecule has 0 aliphatic carbocycles. The first kappa shape index (κ1) is 15.5. The highest BCUT2D eigenvalue weighted by atomic mass is 35.5. The normalized spacial score (nSPS) is 12.9. The van der Waals surface area contributed by atoms with E-state index in [1.807, 2.05) is 12.1 Å². The maximum absolute atomic E-state index is 6.23. The smallest absolute Gasteiger partial charge is 0.0438 e. The second-order valence-corrected chi connectivity index (χ2v) is 5.91. The Labute approximate surface area is 117 Å². The average Bonchev–Trinajstić information content (AvgIpc) is 2.32. The molecule has 18 heavy (non-hydrogen) atoms. The summed E-state index contributed by atoms with van der Waals surface area (Å²) in [6.07, 6.45) is 3.58. The zero-order chi connectivity index (χ0) is 13.4. The molecule has 0 fully saturated rings. The summed E-state index contributed by atoms with van der Waals surface area (Å²) < 4.78 is 0. The van der Waals surface area contributed by atoms with Crippen molar-refractivity contribution in [3.8, 4) is 0 Å². The van der Waals surface area contributed by atoms with E-state index < -0.39 is 0 Å². The van der Waals surface area contributed by atoms with Crippen LogP contribution in [0.1, 0.15) is 39.2 Å². The van der Waals surface area contributed by atoms with E-state index in [1.54, 1.807) is 0 Å². The SMILES string of the molecule is CCCC(CNCC(C)C)Cc1ccccc1Cl. The molecule has 0 saturated heterocycles. The van der Waals surface area contributed by atoms with Crippen molar-refractivity contribution in [2.24, 2.45) is 11.8 Å². The second kappa shape index (κ2) is 8.55. The van der Waals surface area contributed by atoms with E-state index in [9.17, 15) is 0 Å². The van der Waals surface area contributed by atoms with Crippen molar-refractivity contribution >= 4 is 11.6 Å². The summed E-state index contributed by atoms with van der Waals surface area (Å²) in [7, 11) is 0. The van der Waals surface area contributed by atoms with Crippen molar-refractivity contribution in [3.63, 3.8) is 0 Å². The molecule has 2 heteroatoms. The third-order valence-electron chi connectivity index (χ3n) is 3.15. The van der Waals surface area contributed by atoms with Crippen LogP contribution in [-0.2, 0) is 6.42 Å². The Morgan fingerprint density at radius 2 is 1.89 bits per heavy atom. The van der Waals surface area contributed by atoms with Gasteiger partial charge in [0.1, 0.15) is 0 Å². The highest BCUT2D eigenvalue weighted by Crippen LogP contribution is 2.20. The number of halogens is 1. The van der Waals surface area contributed by atoms with Crippen LogP contribution in [0.5, 0.6) is 0 Å². The lowest BCUT2D eigenvalue weighted by atomic mass is 9.95. The van der Waals surface area contributed by atoms with Gasteiger partial charge in [-0.1, -0.05) is 57.0 Å². The lowest BCUT2D eigenvalue weighted by molar-refractivity contribution is 0.421. The first-order valence-corrected chi connectivity index (χ1v) is 7.45. The molecular formula is C16H26ClN. The zero-order valence-electron chi connectivity index (χ0n) is 11.9. The van der Waals surface area contributed by atoms with E-state index in [0.29, 0.717) is 11.8 Å². The third kappa shape index (κ3) is 5.88. The van der Waals surface area contributed by atoms with Crippen LogP contribution in [0.4, 0.5) is 0 Å². The number of benzene rings is 1. The Bertz CT molecular complexity index is 336. The van der Waals surface area contributed by atoms with Gasteiger partial charge in [0, 0.05) is 5.02 Å². The van der Waals surface area contributed by atoms with Gasteiger partial charge in [-0.15, -0.1) is 0 Å². The fraction of sp³-hybridized carbons (Fsp3) is 0.625. The Morgan fingerprint density at radius 1 is 1.17 bits per heavy atom. The molecule has 0 aromatic heterocycles. The van der Waals surface area contributed by atoms with E-state index in [0.717, 1.165) is 24.5 Å². The zero-order valence-corrected chi connectivity index (χ0v) is 12.6. The van der Waals surface area contributed by atoms with Gasteiger partial charge in [-0.2, -0.15) is 0 Å². The van der Waals surface area contributed by atoms with Gasteiger partial charge in [0.25, 0.3) is 0 Å². The average molecular weight is 268 g/mol. The molecule has 0 radical (unpaired) electrons. The van der Waals surface area contributed by atoms with Gasteiger partial charge in [0.2, 0.25) is 0 Å². The van der Waals surface area contributed by atoms with Crippen molar-refractivity contribution < 1.29 is 0 Å². The molecule has 1 atom stereocenters. The van der Waals surface area contributed by atoms with Crippen LogP contribution in [-0.4, -0.2) is 13.1 Å². The highest BCUT2D eigenvalue weighted by molar-refractivity contribution is 6.31. The van der Waals surface area contributed by atoms with Crippen LogP contribution < -0.4 is 5.32 Å². The number of nitrogens with one attached hydrogen (secondary N) is 1. The molecule has 102 valence electrons. The van der Waals surface area contributed by atoms with Gasteiger partial charge in [0.05, 0.1) is 0 Å². The van der Waals surface area contributed by atoms with E-state index in [2.05, 4.69) is 38.2 Å². The summed E-state index contributed by atoms with van der Waals surface area (Å²) in [5.41, 5.74) is 1.28. The quantitative estimate of drug-likeness (QED) is 0.729. The lowest BCUT2D eigenvalue weighted by Gasteiger charge is -2.18. The van der Waals surface area contributed by atoms with E-state index in [4.69, 9.17) is 11.6 Å². The van der Waals surface area contributed by atoms with Gasteiger partial charge in [-0.05, 0) is 49.4 Å². The fourth-order valence-electron chi connectivity index (χ4n) is 2.24. The van der Waals surface area contributed by atoms with Crippen LogP contribution in [0.25, 0.3) is 0 Å². The highest BCUT2D eigenvalue weighted by Gasteiger charge is 2.10. The first-order chi connectivity index (χ1) is 8.63. The van der Waals surface area contributed by atoms with Crippen molar-refractivity contribution in [2.75, 3.05) is 13.1 Å². The standard InChI is InChI=1S/C16H26ClN/c1-4-7-14(12-18-11-13(2)3)10-15-8-5-6-9-16(15)17/h5-6,8-9,13-14,18H,4,7,10-12H2,1-3H3. The van der Waals surface area contributed by atoms with Crippen LogP contribution in [0, 0.1) is 11.8 Å². The Morgan fingerprint density at radius 3 is 2.50 bits per heavy atom. The minimum absolute atomic E-state index is 0.689. The topological polar surface area (TPSA) is 12.0 Å². The summed E-state index contributed by atoms with van der Waals surface area (Å²) >= 11 is 6.23.